The van der Waals surface area contributed by atoms with Gasteiger partial charge in [-0.1, -0.05) is 89.8 Å². The van der Waals surface area contributed by atoms with Gasteiger partial charge in [-0.25, -0.2) is 4.99 Å². The number of anilines is 1. The molecule has 4 rings (SSSR count). The molecule has 0 saturated heterocycles. The summed E-state index contributed by atoms with van der Waals surface area (Å²) in [6.45, 7) is 6.04. The summed E-state index contributed by atoms with van der Waals surface area (Å²) in [7, 11) is 0. The number of ketones is 1. The largest absolute Gasteiger partial charge is 0.492 e. The average Bonchev–Trinajstić information content (AvgIpc) is 2.85. The van der Waals surface area contributed by atoms with Gasteiger partial charge in [0.15, 0.2) is 0 Å². The highest BCUT2D eigenvalue weighted by Gasteiger charge is 2.34. The van der Waals surface area contributed by atoms with Crippen molar-refractivity contribution < 1.29 is 9.53 Å². The summed E-state index contributed by atoms with van der Waals surface area (Å²) in [5.74, 6) is 0.808. The van der Waals surface area contributed by atoms with Crippen LogP contribution in [0.3, 0.4) is 0 Å². The summed E-state index contributed by atoms with van der Waals surface area (Å²) in [5, 5.41) is 0. The van der Waals surface area contributed by atoms with Crippen LogP contribution >= 0.6 is 0 Å². The molecule has 2 bridgehead atoms. The predicted molar refractivity (Wildman–Crippen MR) is 139 cm³/mol. The molecule has 0 amide bonds. The molecule has 0 radical (unpaired) electrons. The number of carbonyl (C=O) groups excluding carboxylic acids is 1. The summed E-state index contributed by atoms with van der Waals surface area (Å²) in [6, 6.07) is 14.1. The van der Waals surface area contributed by atoms with Gasteiger partial charge in [0.25, 0.3) is 0 Å². The summed E-state index contributed by atoms with van der Waals surface area (Å²) >= 11 is 0. The van der Waals surface area contributed by atoms with Gasteiger partial charge >= 0.3 is 0 Å². The molecule has 4 nitrogen and oxygen atoms in total. The van der Waals surface area contributed by atoms with Gasteiger partial charge in [-0.05, 0) is 37.1 Å². The van der Waals surface area contributed by atoms with E-state index in [1.54, 1.807) is 0 Å². The molecule has 0 aromatic heterocycles. The van der Waals surface area contributed by atoms with Crippen molar-refractivity contribution in [2.24, 2.45) is 4.99 Å². The first-order valence-electron chi connectivity index (χ1n) is 13.0. The molecule has 0 atom stereocenters. The fourth-order valence-corrected chi connectivity index (χ4v) is 4.25. The lowest BCUT2D eigenvalue weighted by atomic mass is 9.87. The Bertz CT molecular complexity index is 892. The lowest BCUT2D eigenvalue weighted by molar-refractivity contribution is 0.100. The maximum Gasteiger partial charge on any atom is 0.202 e. The van der Waals surface area contributed by atoms with E-state index in [1.807, 2.05) is 36.7 Å². The smallest absolute Gasteiger partial charge is 0.202 e. The predicted octanol–water partition coefficient (Wildman–Crippen LogP) is 8.11. The molecule has 0 fully saturated rings. The van der Waals surface area contributed by atoms with Crippen molar-refractivity contribution in [1.29, 1.82) is 0 Å². The molecule has 0 heterocycles. The number of rotatable bonds is 17. The lowest BCUT2D eigenvalue weighted by Crippen LogP contribution is -2.23. The molecule has 178 valence electrons. The SMILES string of the molecule is CCCCCCCCCCOc1c2ccc(N=CN(CCCCC)c3ccccc3)c1C2=O. The van der Waals surface area contributed by atoms with Crippen LogP contribution in [-0.4, -0.2) is 25.3 Å². The molecule has 2 aliphatic rings. The molecule has 2 aliphatic carbocycles. The molecule has 0 aliphatic heterocycles. The quantitative estimate of drug-likeness (QED) is 0.119. The van der Waals surface area contributed by atoms with Gasteiger partial charge in [0.1, 0.15) is 5.75 Å². The van der Waals surface area contributed by atoms with Gasteiger partial charge in [0.05, 0.1) is 29.8 Å². The molecule has 2 aromatic carbocycles. The molecular weight excluding hydrogens is 408 g/mol. The Morgan fingerprint density at radius 3 is 2.18 bits per heavy atom. The number of nitrogens with zero attached hydrogens (tertiary/aromatic N) is 2. The number of unbranched alkanes of at least 4 members (excludes halogenated alkanes) is 9. The molecule has 0 spiro atoms. The first-order chi connectivity index (χ1) is 16.3. The van der Waals surface area contributed by atoms with Gasteiger partial charge in [0, 0.05) is 12.2 Å². The van der Waals surface area contributed by atoms with E-state index in [0.717, 1.165) is 30.8 Å². The number of carbonyl (C=O) groups is 1. The standard InChI is InChI=1S/C29H40N2O2/c1-3-5-7-8-9-10-11-16-22-33-29-25-19-20-26(27(29)28(25)32)30-23-31(21-15-6-4-2)24-17-13-12-14-18-24/h12-14,17-20,23H,3-11,15-16,21-22H2,1-2H3. The topological polar surface area (TPSA) is 41.9 Å². The van der Waals surface area contributed by atoms with Crippen LogP contribution in [0.15, 0.2) is 47.5 Å². The Kier molecular flexibility index (Phi) is 10.5. The Morgan fingerprint density at radius 1 is 0.818 bits per heavy atom. The highest BCUT2D eigenvalue weighted by molar-refractivity contribution is 6.24. The maximum atomic E-state index is 12.5. The summed E-state index contributed by atoms with van der Waals surface area (Å²) < 4.78 is 6.02. The van der Waals surface area contributed by atoms with Crippen LogP contribution in [0.4, 0.5) is 11.4 Å². The molecule has 0 N–H and O–H groups in total. The number of hydrogen-bond acceptors (Lipinski definition) is 3. The Morgan fingerprint density at radius 2 is 1.48 bits per heavy atom. The van der Waals surface area contributed by atoms with E-state index in [2.05, 4.69) is 30.9 Å². The number of para-hydroxylation sites is 1. The van der Waals surface area contributed by atoms with Crippen molar-refractivity contribution in [2.75, 3.05) is 18.1 Å². The molecular formula is C29H40N2O2. The molecule has 2 aromatic rings. The second-order valence-electron chi connectivity index (χ2n) is 8.97. The van der Waals surface area contributed by atoms with Gasteiger partial charge in [-0.15, -0.1) is 0 Å². The third-order valence-corrected chi connectivity index (χ3v) is 6.28. The minimum absolute atomic E-state index is 0.0628. The van der Waals surface area contributed by atoms with Crippen LogP contribution in [0, 0.1) is 0 Å². The van der Waals surface area contributed by atoms with Crippen LogP contribution in [-0.2, 0) is 0 Å². The maximum absolute atomic E-state index is 12.5. The minimum Gasteiger partial charge on any atom is -0.492 e. The summed E-state index contributed by atoms with van der Waals surface area (Å²) in [6.07, 6.45) is 15.5. The Balaban J connectivity index is 1.55. The van der Waals surface area contributed by atoms with Crippen LogP contribution in [0.1, 0.15) is 100 Å². The normalized spacial score (nSPS) is 12.2. The van der Waals surface area contributed by atoms with E-state index in [1.165, 1.54) is 57.8 Å². The van der Waals surface area contributed by atoms with Crippen LogP contribution in [0.2, 0.25) is 0 Å². The van der Waals surface area contributed by atoms with E-state index in [4.69, 9.17) is 9.73 Å². The third-order valence-electron chi connectivity index (χ3n) is 6.28. The van der Waals surface area contributed by atoms with Crippen molar-refractivity contribution in [2.45, 2.75) is 84.5 Å². The minimum atomic E-state index is 0.0628. The van der Waals surface area contributed by atoms with Gasteiger partial charge < -0.3 is 9.64 Å². The Hall–Kier alpha value is -2.62. The number of aliphatic imine (C=N–C) groups is 1. The second-order valence-corrected chi connectivity index (χ2v) is 8.97. The van der Waals surface area contributed by atoms with E-state index in [-0.39, 0.29) is 5.78 Å². The number of benzene rings is 2. The Labute approximate surface area is 200 Å². The molecule has 0 saturated carbocycles. The van der Waals surface area contributed by atoms with Crippen LogP contribution < -0.4 is 9.64 Å². The highest BCUT2D eigenvalue weighted by atomic mass is 16.5. The van der Waals surface area contributed by atoms with E-state index in [9.17, 15) is 4.79 Å². The van der Waals surface area contributed by atoms with Crippen molar-refractivity contribution in [3.63, 3.8) is 0 Å². The van der Waals surface area contributed by atoms with Crippen molar-refractivity contribution >= 4 is 23.5 Å². The zero-order valence-corrected chi connectivity index (χ0v) is 20.5. The fourth-order valence-electron chi connectivity index (χ4n) is 4.25. The van der Waals surface area contributed by atoms with Gasteiger partial charge in [-0.3, -0.25) is 4.79 Å². The van der Waals surface area contributed by atoms with Crippen molar-refractivity contribution in [3.05, 3.63) is 53.6 Å². The van der Waals surface area contributed by atoms with Crippen LogP contribution in [0.25, 0.3) is 0 Å². The zero-order chi connectivity index (χ0) is 23.3. The number of hydrogen-bond donors (Lipinski definition) is 0. The van der Waals surface area contributed by atoms with E-state index in [0.29, 0.717) is 23.4 Å². The van der Waals surface area contributed by atoms with E-state index < -0.39 is 0 Å². The molecule has 4 heteroatoms. The highest BCUT2D eigenvalue weighted by Crippen LogP contribution is 2.43. The summed E-state index contributed by atoms with van der Waals surface area (Å²) in [4.78, 5) is 19.4. The van der Waals surface area contributed by atoms with Crippen molar-refractivity contribution in [3.8, 4) is 5.75 Å². The second kappa shape index (κ2) is 13.8. The monoisotopic (exact) mass is 448 g/mol. The number of ether oxygens (including phenoxy) is 1. The number of fused-ring (bicyclic) bond motifs is 2. The lowest BCUT2D eigenvalue weighted by Gasteiger charge is -2.24. The van der Waals surface area contributed by atoms with Gasteiger partial charge in [-0.2, -0.15) is 0 Å². The first kappa shape index (κ1) is 25.0. The zero-order valence-electron chi connectivity index (χ0n) is 20.5. The fraction of sp³-hybridized carbons (Fsp3) is 0.517. The molecule has 33 heavy (non-hydrogen) atoms. The third kappa shape index (κ3) is 7.18. The van der Waals surface area contributed by atoms with Crippen molar-refractivity contribution in [1.82, 2.24) is 0 Å². The molecule has 0 unspecified atom stereocenters. The summed E-state index contributed by atoms with van der Waals surface area (Å²) in [5.41, 5.74) is 3.17. The van der Waals surface area contributed by atoms with E-state index >= 15 is 0 Å². The average molecular weight is 449 g/mol. The first-order valence-corrected chi connectivity index (χ1v) is 13.0. The van der Waals surface area contributed by atoms with Gasteiger partial charge in [0.2, 0.25) is 5.78 Å². The van der Waals surface area contributed by atoms with Crippen LogP contribution in [0.5, 0.6) is 5.75 Å².